The molecule has 182 valence electrons. The van der Waals surface area contributed by atoms with Crippen molar-refractivity contribution in [3.63, 3.8) is 0 Å². The molecular weight excluding hydrogens is 413 g/mol. The first-order valence-corrected chi connectivity index (χ1v) is 11.5. The van der Waals surface area contributed by atoms with E-state index in [1.807, 2.05) is 48.5 Å². The molecule has 0 aromatic rings. The lowest BCUT2D eigenvalue weighted by atomic mass is 9.66. The summed E-state index contributed by atoms with van der Waals surface area (Å²) in [5, 5.41) is 17.1. The van der Waals surface area contributed by atoms with Gasteiger partial charge in [0.25, 0.3) is 0 Å². The summed E-state index contributed by atoms with van der Waals surface area (Å²) < 4.78 is 12.2. The zero-order valence-electron chi connectivity index (χ0n) is 20.9. The van der Waals surface area contributed by atoms with Crippen LogP contribution >= 0.6 is 0 Å². The summed E-state index contributed by atoms with van der Waals surface area (Å²) in [4.78, 5) is 36.4. The van der Waals surface area contributed by atoms with E-state index in [0.29, 0.717) is 25.6 Å². The Hall–Kier alpha value is -1.68. The maximum atomic E-state index is 13.3. The quantitative estimate of drug-likeness (QED) is 0.348. The Morgan fingerprint density at radius 2 is 1.62 bits per heavy atom. The molecule has 1 heterocycles. The van der Waals surface area contributed by atoms with E-state index in [1.54, 1.807) is 0 Å². The molecule has 1 aliphatic carbocycles. The van der Waals surface area contributed by atoms with Gasteiger partial charge in [-0.2, -0.15) is 0 Å². The third-order valence-electron chi connectivity index (χ3n) is 6.80. The van der Waals surface area contributed by atoms with Crippen LogP contribution in [0.1, 0.15) is 81.1 Å². The summed E-state index contributed by atoms with van der Waals surface area (Å²) in [5.74, 6) is -0.890. The molecule has 2 N–H and O–H groups in total. The van der Waals surface area contributed by atoms with Crippen molar-refractivity contribution in [2.24, 2.45) is 11.8 Å². The van der Waals surface area contributed by atoms with Crippen LogP contribution < -0.4 is 10.6 Å². The SMILES string of the molecule is CC(=O)NC1(C(=O)NC(C)(C)C)C[C@H](CCB2OC(C)(C)C(C)(C)O2)C[C@@H](C[N+](=O)[O-])C1. The van der Waals surface area contributed by atoms with Crippen molar-refractivity contribution in [1.29, 1.82) is 0 Å². The predicted molar refractivity (Wildman–Crippen MR) is 123 cm³/mol. The van der Waals surface area contributed by atoms with Crippen molar-refractivity contribution in [2.45, 2.75) is 110 Å². The Labute approximate surface area is 192 Å². The Kier molecular flexibility index (Phi) is 7.72. The molecule has 0 aromatic heterocycles. The van der Waals surface area contributed by atoms with Gasteiger partial charge in [-0.25, -0.2) is 0 Å². The van der Waals surface area contributed by atoms with Gasteiger partial charge in [-0.1, -0.05) is 6.42 Å². The van der Waals surface area contributed by atoms with Crippen LogP contribution in [-0.2, 0) is 18.9 Å². The summed E-state index contributed by atoms with van der Waals surface area (Å²) in [7, 11) is -0.366. The highest BCUT2D eigenvalue weighted by molar-refractivity contribution is 6.45. The normalized spacial score (nSPS) is 29.4. The lowest BCUT2D eigenvalue weighted by Gasteiger charge is -2.44. The maximum Gasteiger partial charge on any atom is 0.457 e. The van der Waals surface area contributed by atoms with Crippen molar-refractivity contribution in [2.75, 3.05) is 6.54 Å². The number of nitrogens with zero attached hydrogens (tertiary/aromatic N) is 1. The topological polar surface area (TPSA) is 120 Å². The summed E-state index contributed by atoms with van der Waals surface area (Å²) in [6.45, 7) is 14.8. The molecule has 2 amide bonds. The monoisotopic (exact) mass is 453 g/mol. The van der Waals surface area contributed by atoms with E-state index in [9.17, 15) is 19.7 Å². The van der Waals surface area contributed by atoms with Crippen LogP contribution in [0.4, 0.5) is 0 Å². The molecule has 0 bridgehead atoms. The van der Waals surface area contributed by atoms with Crippen LogP contribution in [0, 0.1) is 22.0 Å². The van der Waals surface area contributed by atoms with Crippen LogP contribution in [0.3, 0.4) is 0 Å². The van der Waals surface area contributed by atoms with Crippen molar-refractivity contribution >= 4 is 18.9 Å². The second-order valence-corrected chi connectivity index (χ2v) is 11.6. The molecule has 2 aliphatic rings. The molecule has 1 saturated heterocycles. The number of amides is 2. The Morgan fingerprint density at radius 3 is 2.09 bits per heavy atom. The molecule has 1 unspecified atom stereocenters. The molecule has 0 spiro atoms. The molecule has 3 atom stereocenters. The zero-order valence-corrected chi connectivity index (χ0v) is 20.9. The molecule has 0 radical (unpaired) electrons. The van der Waals surface area contributed by atoms with Gasteiger partial charge >= 0.3 is 7.12 Å². The minimum absolute atomic E-state index is 0.0188. The van der Waals surface area contributed by atoms with Crippen molar-refractivity contribution in [3.05, 3.63) is 10.1 Å². The Balaban J connectivity index is 2.22. The van der Waals surface area contributed by atoms with Crippen LogP contribution in [0.5, 0.6) is 0 Å². The van der Waals surface area contributed by atoms with Crippen LogP contribution in [-0.4, -0.2) is 52.7 Å². The number of rotatable bonds is 7. The van der Waals surface area contributed by atoms with Crippen molar-refractivity contribution in [3.8, 4) is 0 Å². The Morgan fingerprint density at radius 1 is 1.09 bits per heavy atom. The number of carbonyl (C=O) groups is 2. The number of hydrogen-bond donors (Lipinski definition) is 2. The maximum absolute atomic E-state index is 13.3. The fraction of sp³-hybridized carbons (Fsp3) is 0.909. The van der Waals surface area contributed by atoms with Crippen LogP contribution in [0.25, 0.3) is 0 Å². The van der Waals surface area contributed by atoms with E-state index in [4.69, 9.17) is 9.31 Å². The van der Waals surface area contributed by atoms with Gasteiger partial charge in [0.15, 0.2) is 0 Å². The van der Waals surface area contributed by atoms with E-state index in [-0.39, 0.29) is 48.7 Å². The number of carbonyl (C=O) groups excluding carboxylic acids is 2. The summed E-state index contributed by atoms with van der Waals surface area (Å²) in [5.41, 5.74) is -2.51. The highest BCUT2D eigenvalue weighted by atomic mass is 16.7. The molecule has 9 nitrogen and oxygen atoms in total. The first kappa shape index (κ1) is 26.6. The van der Waals surface area contributed by atoms with E-state index in [2.05, 4.69) is 10.6 Å². The lowest BCUT2D eigenvalue weighted by Crippen LogP contribution is -2.64. The van der Waals surface area contributed by atoms with E-state index in [0.717, 1.165) is 0 Å². The van der Waals surface area contributed by atoms with Gasteiger partial charge in [0.05, 0.1) is 11.2 Å². The van der Waals surface area contributed by atoms with Gasteiger partial charge < -0.3 is 19.9 Å². The van der Waals surface area contributed by atoms with E-state index in [1.165, 1.54) is 6.92 Å². The molecule has 2 rings (SSSR count). The average molecular weight is 453 g/mol. The Bertz CT molecular complexity index is 720. The molecule has 1 saturated carbocycles. The first-order valence-electron chi connectivity index (χ1n) is 11.5. The first-order chi connectivity index (χ1) is 14.4. The van der Waals surface area contributed by atoms with Gasteiger partial charge in [-0.15, -0.1) is 0 Å². The van der Waals surface area contributed by atoms with E-state index >= 15 is 0 Å². The van der Waals surface area contributed by atoms with Gasteiger partial charge in [0.2, 0.25) is 18.4 Å². The molecule has 32 heavy (non-hydrogen) atoms. The van der Waals surface area contributed by atoms with Gasteiger partial charge in [0, 0.05) is 23.3 Å². The second-order valence-electron chi connectivity index (χ2n) is 11.6. The molecule has 2 fully saturated rings. The number of hydrogen-bond acceptors (Lipinski definition) is 6. The van der Waals surface area contributed by atoms with E-state index < -0.39 is 22.3 Å². The zero-order chi connectivity index (χ0) is 24.5. The highest BCUT2D eigenvalue weighted by Gasteiger charge is 2.52. The standard InChI is InChI=1S/C22H40BN3O6/c1-15(27)24-22(18(28)25-19(2,3)4)12-16(11-17(13-22)14-26(29)30)9-10-23-31-20(5,6)21(7,8)32-23/h16-17H,9-14H2,1-8H3,(H,24,27)(H,25,28)/t16-,17-,22?/m1/s1. The average Bonchev–Trinajstić information content (AvgIpc) is 2.77. The lowest BCUT2D eigenvalue weighted by molar-refractivity contribution is -0.489. The molecular formula is C22H40BN3O6. The fourth-order valence-corrected chi connectivity index (χ4v) is 4.87. The minimum atomic E-state index is -1.17. The molecule has 0 aromatic carbocycles. The summed E-state index contributed by atoms with van der Waals surface area (Å²) in [6.07, 6.45) is 2.63. The van der Waals surface area contributed by atoms with Crippen molar-refractivity contribution in [1.82, 2.24) is 10.6 Å². The minimum Gasteiger partial charge on any atom is -0.403 e. The van der Waals surface area contributed by atoms with Crippen LogP contribution in [0.2, 0.25) is 6.32 Å². The largest absolute Gasteiger partial charge is 0.457 e. The molecule has 1 aliphatic heterocycles. The highest BCUT2D eigenvalue weighted by Crippen LogP contribution is 2.42. The third kappa shape index (κ3) is 6.67. The fourth-order valence-electron chi connectivity index (χ4n) is 4.87. The predicted octanol–water partition coefficient (Wildman–Crippen LogP) is 2.95. The number of nitro groups is 1. The number of nitrogens with one attached hydrogen (secondary N) is 2. The van der Waals surface area contributed by atoms with Gasteiger partial charge in [-0.05, 0) is 80.0 Å². The summed E-state index contributed by atoms with van der Waals surface area (Å²) in [6, 6.07) is 0. The third-order valence-corrected chi connectivity index (χ3v) is 6.80. The summed E-state index contributed by atoms with van der Waals surface area (Å²) >= 11 is 0. The second kappa shape index (κ2) is 9.29. The van der Waals surface area contributed by atoms with Crippen LogP contribution in [0.15, 0.2) is 0 Å². The van der Waals surface area contributed by atoms with Gasteiger partial charge in [-0.3, -0.25) is 19.7 Å². The smallest absolute Gasteiger partial charge is 0.403 e. The van der Waals surface area contributed by atoms with Crippen molar-refractivity contribution < 1.29 is 23.8 Å². The molecule has 10 heteroatoms. The van der Waals surface area contributed by atoms with Gasteiger partial charge in [0.1, 0.15) is 5.54 Å².